The molecule has 4 aromatic rings. The summed E-state index contributed by atoms with van der Waals surface area (Å²) < 4.78 is 5.74. The molecule has 28 heavy (non-hydrogen) atoms. The molecule has 2 aromatic heterocycles. The first-order chi connectivity index (χ1) is 13.6. The Morgan fingerprint density at radius 2 is 1.71 bits per heavy atom. The third-order valence-electron chi connectivity index (χ3n) is 4.11. The first kappa shape index (κ1) is 17.3. The van der Waals surface area contributed by atoms with E-state index in [0.717, 1.165) is 16.7 Å². The van der Waals surface area contributed by atoms with E-state index in [2.05, 4.69) is 20.2 Å². The fraction of sp³-hybridized carbons (Fsp3) is 0.0500. The molecule has 0 aliphatic heterocycles. The molecule has 0 saturated carbocycles. The van der Waals surface area contributed by atoms with Gasteiger partial charge in [0.1, 0.15) is 0 Å². The van der Waals surface area contributed by atoms with Crippen LogP contribution >= 0.6 is 0 Å². The molecular weight excluding hydrogens is 356 g/mol. The van der Waals surface area contributed by atoms with Crippen molar-refractivity contribution >= 4 is 11.7 Å². The van der Waals surface area contributed by atoms with Crippen LogP contribution in [0.15, 0.2) is 65.2 Å². The van der Waals surface area contributed by atoms with Gasteiger partial charge in [-0.3, -0.25) is 4.79 Å². The number of nitrogens with two attached hydrogens (primary N) is 2. The highest BCUT2D eigenvalue weighted by atomic mass is 16.4. The van der Waals surface area contributed by atoms with Gasteiger partial charge in [-0.15, -0.1) is 10.2 Å². The molecule has 0 fully saturated rings. The lowest BCUT2D eigenvalue weighted by Gasteiger charge is -2.09. The highest BCUT2D eigenvalue weighted by Gasteiger charge is 2.18. The monoisotopic (exact) mass is 380 g/mol. The average molecular weight is 380 g/mol. The number of benzene rings is 2. The Bertz CT molecular complexity index is 1160. The molecule has 4 N–H and O–H groups in total. The predicted octanol–water partition coefficient (Wildman–Crippen LogP) is 3.45. The van der Waals surface area contributed by atoms with Crippen LogP contribution in [0.1, 0.15) is 11.3 Å². The van der Waals surface area contributed by atoms with E-state index >= 15 is 0 Å². The molecule has 8 nitrogen and oxygen atoms in total. The van der Waals surface area contributed by atoms with Gasteiger partial charge >= 0.3 is 0 Å². The van der Waals surface area contributed by atoms with Crippen molar-refractivity contribution in [3.05, 3.63) is 66.4 Å². The summed E-state index contributed by atoms with van der Waals surface area (Å²) in [5.74, 6) is 0.259. The zero-order valence-electron chi connectivity index (χ0n) is 14.7. The molecule has 0 atom stereocenters. The molecule has 4 rings (SSSR count). The number of nitrogen functional groups attached to an aromatic ring is 1. The highest BCUT2D eigenvalue weighted by Crippen LogP contribution is 2.29. The molecule has 146 valence electrons. The number of aromatic nitrogens is 4. The summed E-state index contributed by atoms with van der Waals surface area (Å²) in [6.07, 6.45) is 1.63. The molecule has 0 radical (unpaired) electrons. The minimum absolute atomic E-state index is 0. The van der Waals surface area contributed by atoms with Crippen LogP contribution in [0.25, 0.3) is 34.3 Å². The molecule has 0 spiro atoms. The zero-order chi connectivity index (χ0) is 19.5. The van der Waals surface area contributed by atoms with E-state index in [-0.39, 0.29) is 29.5 Å². The first-order valence-corrected chi connectivity index (χ1v) is 8.50. The quantitative estimate of drug-likeness (QED) is 0.541. The smallest absolute Gasteiger partial charge is 0.270 e. The van der Waals surface area contributed by atoms with Crippen LogP contribution in [0, 0.1) is 0 Å². The Morgan fingerprint density at radius 3 is 2.50 bits per heavy atom. The number of carbonyl (C=O) groups excluding carboxylic acids is 1. The topological polar surface area (TPSA) is 134 Å². The van der Waals surface area contributed by atoms with Crippen molar-refractivity contribution < 1.29 is 14.9 Å². The minimum atomic E-state index is -0.430. The van der Waals surface area contributed by atoms with Crippen molar-refractivity contribution in [3.8, 4) is 34.3 Å². The summed E-state index contributed by atoms with van der Waals surface area (Å²) in [5, 5.41) is 8.12. The molecule has 0 unspecified atom stereocenters. The maximum atomic E-state index is 11.4. The van der Waals surface area contributed by atoms with Gasteiger partial charge in [-0.05, 0) is 17.7 Å². The predicted molar refractivity (Wildman–Crippen MR) is 112 cm³/mol. The second-order valence-corrected chi connectivity index (χ2v) is 6.07. The Morgan fingerprint density at radius 1 is 1.00 bits per heavy atom. The van der Waals surface area contributed by atoms with Crippen molar-refractivity contribution in [3.63, 3.8) is 0 Å². The van der Waals surface area contributed by atoms with Crippen LogP contribution in [0.2, 0.25) is 0 Å². The Hall–Kier alpha value is -4.07. The van der Waals surface area contributed by atoms with Crippen molar-refractivity contribution in [2.45, 2.75) is 6.42 Å². The second kappa shape index (κ2) is 7.28. The molecule has 0 saturated heterocycles. The maximum Gasteiger partial charge on any atom is 0.270 e. The van der Waals surface area contributed by atoms with Crippen LogP contribution in [-0.2, 0) is 11.2 Å². The maximum absolute atomic E-state index is 11.4. The minimum Gasteiger partial charge on any atom is -0.414 e. The summed E-state index contributed by atoms with van der Waals surface area (Å²) >= 11 is 0. The summed E-state index contributed by atoms with van der Waals surface area (Å²) in [6, 6.07) is 16.7. The van der Waals surface area contributed by atoms with Crippen molar-refractivity contribution in [2.75, 3.05) is 5.73 Å². The average Bonchev–Trinajstić information content (AvgIpc) is 3.19. The fourth-order valence-corrected chi connectivity index (χ4v) is 2.81. The number of hydrogen-bond donors (Lipinski definition) is 2. The standard InChI is InChI=1S/C20H16N6O2.4H2/c21-16(27)10-13-8-4-5-9-14(13)15-11-23-18(22)17(24-15)20-26-25-19(28-20)12-6-2-1-3-7-12;;;;/h1-9,11H,10H2,(H2,21,27)(H2,22,23);4*1H. The second-order valence-electron chi connectivity index (χ2n) is 6.07. The number of nitrogens with zero attached hydrogens (tertiary/aromatic N) is 4. The molecule has 2 heterocycles. The van der Waals surface area contributed by atoms with E-state index < -0.39 is 5.91 Å². The number of carbonyl (C=O) groups is 1. The van der Waals surface area contributed by atoms with Crippen LogP contribution in [-0.4, -0.2) is 26.1 Å². The van der Waals surface area contributed by atoms with Gasteiger partial charge < -0.3 is 15.9 Å². The molecule has 1 amide bonds. The van der Waals surface area contributed by atoms with Gasteiger partial charge in [0.2, 0.25) is 11.8 Å². The molecule has 0 bridgehead atoms. The normalized spacial score (nSPS) is 10.7. The third kappa shape index (κ3) is 3.43. The molecule has 0 aliphatic rings. The lowest BCUT2D eigenvalue weighted by Crippen LogP contribution is -2.14. The number of primary amides is 1. The molecule has 0 aliphatic carbocycles. The van der Waals surface area contributed by atoms with E-state index in [0.29, 0.717) is 11.6 Å². The van der Waals surface area contributed by atoms with Gasteiger partial charge in [0.25, 0.3) is 5.89 Å². The summed E-state index contributed by atoms with van der Waals surface area (Å²) in [6.45, 7) is 0. The fourth-order valence-electron chi connectivity index (χ4n) is 2.81. The zero-order valence-corrected chi connectivity index (χ0v) is 14.7. The van der Waals surface area contributed by atoms with E-state index in [4.69, 9.17) is 15.9 Å². The Kier molecular flexibility index (Phi) is 4.51. The largest absolute Gasteiger partial charge is 0.414 e. The lowest BCUT2D eigenvalue weighted by atomic mass is 10.0. The van der Waals surface area contributed by atoms with E-state index in [1.807, 2.05) is 54.6 Å². The Labute approximate surface area is 166 Å². The van der Waals surface area contributed by atoms with Gasteiger partial charge in [0.05, 0.1) is 18.3 Å². The third-order valence-corrected chi connectivity index (χ3v) is 4.11. The summed E-state index contributed by atoms with van der Waals surface area (Å²) in [5.41, 5.74) is 14.4. The SMILES string of the molecule is NC(=O)Cc1ccccc1-c1cnc(N)c(-c2nnc(-c3ccccc3)o2)n1.[HH].[HH].[HH].[HH]. The van der Waals surface area contributed by atoms with Gasteiger partial charge in [-0.2, -0.15) is 0 Å². The van der Waals surface area contributed by atoms with Crippen LogP contribution in [0.4, 0.5) is 5.82 Å². The summed E-state index contributed by atoms with van der Waals surface area (Å²) in [4.78, 5) is 20.1. The van der Waals surface area contributed by atoms with Gasteiger partial charge in [-0.25, -0.2) is 9.97 Å². The van der Waals surface area contributed by atoms with Crippen LogP contribution in [0.5, 0.6) is 0 Å². The number of rotatable bonds is 5. The summed E-state index contributed by atoms with van der Waals surface area (Å²) in [7, 11) is 0. The van der Waals surface area contributed by atoms with Crippen molar-refractivity contribution in [2.24, 2.45) is 5.73 Å². The molecule has 8 heteroatoms. The van der Waals surface area contributed by atoms with E-state index in [1.54, 1.807) is 0 Å². The van der Waals surface area contributed by atoms with E-state index in [1.165, 1.54) is 6.20 Å². The number of hydrogen-bond acceptors (Lipinski definition) is 7. The van der Waals surface area contributed by atoms with Crippen molar-refractivity contribution in [1.29, 1.82) is 0 Å². The van der Waals surface area contributed by atoms with Crippen LogP contribution in [0.3, 0.4) is 0 Å². The van der Waals surface area contributed by atoms with Gasteiger partial charge in [-0.1, -0.05) is 42.5 Å². The van der Waals surface area contributed by atoms with Gasteiger partial charge in [0.15, 0.2) is 11.5 Å². The lowest BCUT2D eigenvalue weighted by molar-refractivity contribution is -0.117. The number of amides is 1. The van der Waals surface area contributed by atoms with Crippen molar-refractivity contribution in [1.82, 2.24) is 20.2 Å². The van der Waals surface area contributed by atoms with Crippen LogP contribution < -0.4 is 11.5 Å². The number of anilines is 1. The first-order valence-electron chi connectivity index (χ1n) is 8.50. The molecular formula is C20H24N6O2. The molecule has 2 aromatic carbocycles. The highest BCUT2D eigenvalue weighted by molar-refractivity contribution is 5.80. The Balaban J connectivity index is 0.00000240. The van der Waals surface area contributed by atoms with E-state index in [9.17, 15) is 4.79 Å². The van der Waals surface area contributed by atoms with Gasteiger partial charge in [0, 0.05) is 16.8 Å².